The summed E-state index contributed by atoms with van der Waals surface area (Å²) in [7, 11) is 0. The Hall–Kier alpha value is -2.97. The average Bonchev–Trinajstić information content (AvgIpc) is 3.45. The fraction of sp³-hybridized carbons (Fsp3) is 0.174. The van der Waals surface area contributed by atoms with E-state index < -0.39 is 17.7 Å². The molecule has 2 aliphatic rings. The van der Waals surface area contributed by atoms with Crippen LogP contribution in [0.3, 0.4) is 0 Å². The second-order valence-electron chi connectivity index (χ2n) is 7.49. The van der Waals surface area contributed by atoms with Crippen LogP contribution >= 0.6 is 27.3 Å². The Morgan fingerprint density at radius 2 is 2.10 bits per heavy atom. The molecule has 0 aliphatic carbocycles. The number of carbonyl (C=O) groups excluding carboxylic acids is 2. The number of ketones is 1. The number of ether oxygens (including phenoxy) is 1. The van der Waals surface area contributed by atoms with E-state index in [9.17, 15) is 14.7 Å². The van der Waals surface area contributed by atoms with Crippen molar-refractivity contribution in [3.8, 4) is 5.75 Å². The molecular formula is C23H17BrN2O4S. The van der Waals surface area contributed by atoms with Gasteiger partial charge in [0.25, 0.3) is 5.78 Å². The quantitative estimate of drug-likeness (QED) is 0.318. The third-order valence-corrected chi connectivity index (χ3v) is 6.67. The highest BCUT2D eigenvalue weighted by molar-refractivity contribution is 9.10. The van der Waals surface area contributed by atoms with Gasteiger partial charge in [0.05, 0.1) is 11.6 Å². The van der Waals surface area contributed by atoms with Crippen LogP contribution in [0.2, 0.25) is 0 Å². The minimum absolute atomic E-state index is 0.0465. The van der Waals surface area contributed by atoms with Gasteiger partial charge in [-0.2, -0.15) is 0 Å². The molecule has 156 valence electrons. The van der Waals surface area contributed by atoms with E-state index in [2.05, 4.69) is 20.9 Å². The predicted octanol–water partition coefficient (Wildman–Crippen LogP) is 4.86. The van der Waals surface area contributed by atoms with Crippen molar-refractivity contribution in [2.45, 2.75) is 25.5 Å². The predicted molar refractivity (Wildman–Crippen MR) is 121 cm³/mol. The minimum atomic E-state index is -0.785. The Morgan fingerprint density at radius 3 is 2.84 bits per heavy atom. The number of anilines is 1. The summed E-state index contributed by atoms with van der Waals surface area (Å²) in [5.41, 5.74) is 2.19. The van der Waals surface area contributed by atoms with E-state index in [0.29, 0.717) is 16.3 Å². The van der Waals surface area contributed by atoms with Gasteiger partial charge in [-0.3, -0.25) is 14.5 Å². The first-order valence-electron chi connectivity index (χ1n) is 9.70. The maximum Gasteiger partial charge on any atom is 0.301 e. The SMILES string of the molecule is C[C@H]1Cc2cc(/C(O)=C3\C(=O)C(=O)N(c4nccs4)[C@@H]3c3cccc(Br)c3)ccc2O1. The van der Waals surface area contributed by atoms with Crippen LogP contribution in [0.25, 0.3) is 5.76 Å². The number of thiazole rings is 1. The molecule has 1 amide bonds. The lowest BCUT2D eigenvalue weighted by molar-refractivity contribution is -0.132. The van der Waals surface area contributed by atoms with Crippen LogP contribution < -0.4 is 9.64 Å². The fourth-order valence-corrected chi connectivity index (χ4v) is 5.17. The van der Waals surface area contributed by atoms with Gasteiger partial charge in [0, 0.05) is 28.0 Å². The summed E-state index contributed by atoms with van der Waals surface area (Å²) in [5, 5.41) is 13.4. The molecule has 2 aromatic carbocycles. The summed E-state index contributed by atoms with van der Waals surface area (Å²) >= 11 is 4.72. The molecule has 1 saturated heterocycles. The molecule has 3 heterocycles. The van der Waals surface area contributed by atoms with Crippen molar-refractivity contribution in [3.63, 3.8) is 0 Å². The van der Waals surface area contributed by atoms with Gasteiger partial charge in [-0.05, 0) is 48.4 Å². The van der Waals surface area contributed by atoms with E-state index in [4.69, 9.17) is 4.74 Å². The van der Waals surface area contributed by atoms with Gasteiger partial charge < -0.3 is 9.84 Å². The Bertz CT molecular complexity index is 1240. The zero-order chi connectivity index (χ0) is 21.7. The number of aliphatic hydroxyl groups is 1. The number of fused-ring (bicyclic) bond motifs is 1. The van der Waals surface area contributed by atoms with Crippen LogP contribution in [0.5, 0.6) is 5.75 Å². The number of carbonyl (C=O) groups is 2. The third-order valence-electron chi connectivity index (χ3n) is 5.40. The largest absolute Gasteiger partial charge is 0.507 e. The molecule has 0 radical (unpaired) electrons. The van der Waals surface area contributed by atoms with Crippen molar-refractivity contribution >= 4 is 49.8 Å². The average molecular weight is 497 g/mol. The lowest BCUT2D eigenvalue weighted by Crippen LogP contribution is -2.29. The molecule has 8 heteroatoms. The number of aliphatic hydroxyl groups excluding tert-OH is 1. The topological polar surface area (TPSA) is 79.7 Å². The lowest BCUT2D eigenvalue weighted by Gasteiger charge is -2.23. The Balaban J connectivity index is 1.69. The zero-order valence-corrected chi connectivity index (χ0v) is 18.8. The fourth-order valence-electron chi connectivity index (χ4n) is 4.08. The molecule has 6 nitrogen and oxygen atoms in total. The Labute approximate surface area is 190 Å². The normalized spacial score (nSPS) is 21.9. The van der Waals surface area contributed by atoms with Gasteiger partial charge in [0.1, 0.15) is 17.6 Å². The number of amides is 1. The van der Waals surface area contributed by atoms with Gasteiger partial charge in [0.15, 0.2) is 5.13 Å². The first-order valence-corrected chi connectivity index (χ1v) is 11.4. The highest BCUT2D eigenvalue weighted by atomic mass is 79.9. The molecule has 3 aromatic rings. The van der Waals surface area contributed by atoms with E-state index in [0.717, 1.165) is 22.2 Å². The highest BCUT2D eigenvalue weighted by Gasteiger charge is 2.48. The van der Waals surface area contributed by atoms with Crippen molar-refractivity contribution in [3.05, 3.63) is 80.8 Å². The number of halogens is 1. The highest BCUT2D eigenvalue weighted by Crippen LogP contribution is 2.43. The molecule has 0 saturated carbocycles. The molecule has 1 N–H and O–H groups in total. The van der Waals surface area contributed by atoms with Crippen molar-refractivity contribution in [1.29, 1.82) is 0 Å². The standard InChI is InChI=1S/C23H17BrN2O4S/c1-12-9-15-10-14(5-6-17(15)30-12)20(27)18-19(13-3-2-4-16(24)11-13)26(22(29)21(18)28)23-25-7-8-31-23/h2-8,10-12,19,27H,9H2,1H3/b20-18+/t12-,19+/m0/s1. The molecule has 2 aliphatic heterocycles. The zero-order valence-electron chi connectivity index (χ0n) is 16.4. The van der Waals surface area contributed by atoms with Crippen LogP contribution in [-0.2, 0) is 16.0 Å². The molecule has 5 rings (SSSR count). The lowest BCUT2D eigenvalue weighted by atomic mass is 9.94. The van der Waals surface area contributed by atoms with E-state index >= 15 is 0 Å². The molecule has 0 unspecified atom stereocenters. The maximum absolute atomic E-state index is 13.1. The van der Waals surface area contributed by atoms with E-state index in [-0.39, 0.29) is 17.4 Å². The van der Waals surface area contributed by atoms with Crippen LogP contribution in [0, 0.1) is 0 Å². The number of hydrogen-bond donors (Lipinski definition) is 1. The second kappa shape index (κ2) is 7.62. The van der Waals surface area contributed by atoms with Crippen LogP contribution in [0.4, 0.5) is 5.13 Å². The first kappa shape index (κ1) is 20.0. The molecule has 0 bridgehead atoms. The van der Waals surface area contributed by atoms with E-state index in [1.165, 1.54) is 16.2 Å². The summed E-state index contributed by atoms with van der Waals surface area (Å²) in [6, 6.07) is 11.9. The van der Waals surface area contributed by atoms with Gasteiger partial charge in [-0.15, -0.1) is 11.3 Å². The first-order chi connectivity index (χ1) is 14.9. The van der Waals surface area contributed by atoms with Crippen LogP contribution in [-0.4, -0.2) is 27.9 Å². The molecule has 1 aromatic heterocycles. The van der Waals surface area contributed by atoms with Gasteiger partial charge in [-0.25, -0.2) is 4.98 Å². The van der Waals surface area contributed by atoms with Gasteiger partial charge in [0.2, 0.25) is 0 Å². The summed E-state index contributed by atoms with van der Waals surface area (Å²) < 4.78 is 6.54. The Kier molecular flexibility index (Phi) is 4.91. The third kappa shape index (κ3) is 3.36. The number of rotatable bonds is 3. The monoisotopic (exact) mass is 496 g/mol. The molecular weight excluding hydrogens is 480 g/mol. The summed E-state index contributed by atoms with van der Waals surface area (Å²) in [6.45, 7) is 1.98. The number of hydrogen-bond acceptors (Lipinski definition) is 6. The Morgan fingerprint density at radius 1 is 1.26 bits per heavy atom. The minimum Gasteiger partial charge on any atom is -0.507 e. The summed E-state index contributed by atoms with van der Waals surface area (Å²) in [4.78, 5) is 31.7. The summed E-state index contributed by atoms with van der Waals surface area (Å²) in [5.74, 6) is -0.872. The maximum atomic E-state index is 13.1. The van der Waals surface area contributed by atoms with Crippen molar-refractivity contribution < 1.29 is 19.4 Å². The van der Waals surface area contributed by atoms with Crippen molar-refractivity contribution in [2.24, 2.45) is 0 Å². The molecule has 0 spiro atoms. The number of nitrogens with zero attached hydrogens (tertiary/aromatic N) is 2. The van der Waals surface area contributed by atoms with Gasteiger partial charge >= 0.3 is 5.91 Å². The molecule has 1 fully saturated rings. The molecule has 2 atom stereocenters. The van der Waals surface area contributed by atoms with Crippen molar-refractivity contribution in [1.82, 2.24) is 4.98 Å². The van der Waals surface area contributed by atoms with Crippen molar-refractivity contribution in [2.75, 3.05) is 4.90 Å². The molecule has 31 heavy (non-hydrogen) atoms. The summed E-state index contributed by atoms with van der Waals surface area (Å²) in [6.07, 6.45) is 2.36. The number of aromatic nitrogens is 1. The van der Waals surface area contributed by atoms with Crippen LogP contribution in [0.15, 0.2) is 64.1 Å². The van der Waals surface area contributed by atoms with Crippen LogP contribution in [0.1, 0.15) is 29.7 Å². The van der Waals surface area contributed by atoms with Gasteiger partial charge in [-0.1, -0.05) is 28.1 Å². The smallest absolute Gasteiger partial charge is 0.301 e. The number of benzene rings is 2. The van der Waals surface area contributed by atoms with E-state index in [1.807, 2.05) is 37.3 Å². The number of Topliss-reactive ketones (excluding diaryl/α,β-unsaturated/α-hetero) is 1. The second-order valence-corrected chi connectivity index (χ2v) is 9.28. The van der Waals surface area contributed by atoms with E-state index in [1.54, 1.807) is 23.7 Å².